The predicted molar refractivity (Wildman–Crippen MR) is 113 cm³/mol. The molecule has 0 radical (unpaired) electrons. The first kappa shape index (κ1) is 19.4. The molecule has 2 heterocycles. The van der Waals surface area contributed by atoms with E-state index in [9.17, 15) is 20.2 Å². The van der Waals surface area contributed by atoms with Gasteiger partial charge in [-0.1, -0.05) is 6.07 Å². The van der Waals surface area contributed by atoms with Gasteiger partial charge in [-0.3, -0.25) is 19.8 Å². The van der Waals surface area contributed by atoms with Crippen molar-refractivity contribution >= 4 is 44.4 Å². The summed E-state index contributed by atoms with van der Waals surface area (Å²) in [6.45, 7) is 0. The molecule has 4 rings (SSSR count). The maximum Gasteiger partial charge on any atom is 0.271 e. The van der Waals surface area contributed by atoms with Gasteiger partial charge >= 0.3 is 0 Å². The van der Waals surface area contributed by atoms with Gasteiger partial charge in [0.1, 0.15) is 5.82 Å². The van der Waals surface area contributed by atoms with Crippen LogP contribution in [0.5, 0.6) is 0 Å². The van der Waals surface area contributed by atoms with Gasteiger partial charge in [0.2, 0.25) is 0 Å². The van der Waals surface area contributed by atoms with E-state index in [1.807, 2.05) is 11.4 Å². The molecule has 1 aromatic carbocycles. The molecular formula is C20H15BrN4O3S. The highest BCUT2D eigenvalue weighted by Crippen LogP contribution is 2.48. The van der Waals surface area contributed by atoms with Crippen molar-refractivity contribution in [1.29, 1.82) is 5.26 Å². The van der Waals surface area contributed by atoms with Gasteiger partial charge in [0.15, 0.2) is 5.78 Å². The third kappa shape index (κ3) is 3.24. The van der Waals surface area contributed by atoms with Crippen molar-refractivity contribution in [3.8, 4) is 6.07 Å². The van der Waals surface area contributed by atoms with E-state index in [-0.39, 0.29) is 22.9 Å². The summed E-state index contributed by atoms with van der Waals surface area (Å²) in [4.78, 5) is 26.2. The molecule has 1 unspecified atom stereocenters. The van der Waals surface area contributed by atoms with Gasteiger partial charge in [0.25, 0.3) is 5.69 Å². The maximum atomic E-state index is 13.0. The number of nitro benzene ring substituents is 1. The smallest absolute Gasteiger partial charge is 0.271 e. The van der Waals surface area contributed by atoms with Crippen molar-refractivity contribution < 1.29 is 9.72 Å². The Bertz CT molecular complexity index is 1140. The first-order valence-electron chi connectivity index (χ1n) is 8.87. The molecule has 0 amide bonds. The van der Waals surface area contributed by atoms with Crippen LogP contribution in [0.4, 0.5) is 11.4 Å². The largest absolute Gasteiger partial charge is 0.384 e. The first-order valence-corrected chi connectivity index (χ1v) is 10.5. The van der Waals surface area contributed by atoms with Crippen molar-refractivity contribution in [2.45, 2.75) is 25.2 Å². The lowest BCUT2D eigenvalue weighted by atomic mass is 9.78. The molecule has 2 N–H and O–H groups in total. The number of ketones is 1. The second-order valence-electron chi connectivity index (χ2n) is 6.76. The van der Waals surface area contributed by atoms with Gasteiger partial charge in [0, 0.05) is 44.6 Å². The number of allylic oxidation sites excluding steroid dienone is 3. The Morgan fingerprint density at radius 3 is 2.79 bits per heavy atom. The van der Waals surface area contributed by atoms with E-state index >= 15 is 0 Å². The van der Waals surface area contributed by atoms with Gasteiger partial charge in [-0.05, 0) is 40.9 Å². The predicted octanol–water partition coefficient (Wildman–Crippen LogP) is 4.72. The van der Waals surface area contributed by atoms with Crippen LogP contribution in [0.1, 0.15) is 30.1 Å². The fourth-order valence-electron chi connectivity index (χ4n) is 3.89. The average molecular weight is 471 g/mol. The quantitative estimate of drug-likeness (QED) is 0.512. The number of halogens is 1. The Morgan fingerprint density at radius 2 is 2.14 bits per heavy atom. The lowest BCUT2D eigenvalue weighted by Gasteiger charge is -2.39. The van der Waals surface area contributed by atoms with Crippen molar-refractivity contribution in [2.75, 3.05) is 4.90 Å². The molecule has 1 atom stereocenters. The van der Waals surface area contributed by atoms with Crippen LogP contribution >= 0.6 is 27.3 Å². The Balaban J connectivity index is 1.96. The summed E-state index contributed by atoms with van der Waals surface area (Å²) < 4.78 is 0.875. The Morgan fingerprint density at radius 1 is 1.34 bits per heavy atom. The SMILES string of the molecule is N#CC1=C(N)N(c2cccc([N+](=O)[O-])c2)C2=C(C(=O)CCC2)C1c1cc(Br)cs1. The number of nitrogens with two attached hydrogens (primary N) is 1. The number of benzene rings is 1. The first-order chi connectivity index (χ1) is 13.9. The van der Waals surface area contributed by atoms with E-state index in [2.05, 4.69) is 22.0 Å². The highest BCUT2D eigenvalue weighted by atomic mass is 79.9. The van der Waals surface area contributed by atoms with Crippen LogP contribution in [-0.2, 0) is 4.79 Å². The molecule has 146 valence electrons. The zero-order valence-corrected chi connectivity index (χ0v) is 17.5. The molecule has 0 bridgehead atoms. The molecule has 0 saturated carbocycles. The number of thiophene rings is 1. The van der Waals surface area contributed by atoms with Crippen LogP contribution in [0.15, 0.2) is 62.8 Å². The Kier molecular flexibility index (Phi) is 4.98. The minimum absolute atomic E-state index is 0.0172. The number of nitro groups is 1. The van der Waals surface area contributed by atoms with E-state index in [0.29, 0.717) is 36.2 Å². The number of nitriles is 1. The van der Waals surface area contributed by atoms with Gasteiger partial charge in [-0.15, -0.1) is 11.3 Å². The van der Waals surface area contributed by atoms with Crippen LogP contribution in [0.2, 0.25) is 0 Å². The lowest BCUT2D eigenvalue weighted by Crippen LogP contribution is -2.38. The van der Waals surface area contributed by atoms with Gasteiger partial charge in [-0.25, -0.2) is 0 Å². The molecule has 0 fully saturated rings. The van der Waals surface area contributed by atoms with Gasteiger partial charge in [-0.2, -0.15) is 5.26 Å². The van der Waals surface area contributed by atoms with E-state index < -0.39 is 10.8 Å². The number of hydrogen-bond acceptors (Lipinski definition) is 7. The molecule has 2 aliphatic rings. The summed E-state index contributed by atoms with van der Waals surface area (Å²) in [5.41, 5.74) is 8.38. The fraction of sp³-hybridized carbons (Fsp3) is 0.200. The average Bonchev–Trinajstić information content (AvgIpc) is 3.13. The summed E-state index contributed by atoms with van der Waals surface area (Å²) in [6.07, 6.45) is 1.68. The standard InChI is InChI=1S/C20H15BrN4O3S/c21-11-7-17(29-10-11)18-14(9-22)20(23)24(15-5-2-6-16(26)19(15)18)12-3-1-4-13(8-12)25(27)28/h1,3-4,7-8,10,18H,2,5-6,23H2. The topological polar surface area (TPSA) is 113 Å². The molecule has 1 aromatic heterocycles. The number of hydrogen-bond donors (Lipinski definition) is 1. The van der Waals surface area contributed by atoms with E-state index in [4.69, 9.17) is 5.73 Å². The summed E-state index contributed by atoms with van der Waals surface area (Å²) >= 11 is 4.89. The zero-order valence-electron chi connectivity index (χ0n) is 15.1. The van der Waals surface area contributed by atoms with Crippen molar-refractivity contribution in [3.05, 3.63) is 77.8 Å². The number of rotatable bonds is 3. The number of nitrogens with zero attached hydrogens (tertiary/aromatic N) is 3. The molecule has 1 aliphatic carbocycles. The molecular weight excluding hydrogens is 456 g/mol. The van der Waals surface area contributed by atoms with Gasteiger partial charge < -0.3 is 5.73 Å². The molecule has 0 spiro atoms. The monoisotopic (exact) mass is 470 g/mol. The number of non-ortho nitro benzene ring substituents is 1. The molecule has 9 heteroatoms. The van der Waals surface area contributed by atoms with E-state index in [1.165, 1.54) is 23.5 Å². The highest BCUT2D eigenvalue weighted by molar-refractivity contribution is 9.10. The third-order valence-electron chi connectivity index (χ3n) is 5.08. The van der Waals surface area contributed by atoms with Crippen molar-refractivity contribution in [2.24, 2.45) is 5.73 Å². The number of carbonyl (C=O) groups is 1. The number of anilines is 1. The van der Waals surface area contributed by atoms with Crippen molar-refractivity contribution in [1.82, 2.24) is 0 Å². The molecule has 0 saturated heterocycles. The zero-order chi connectivity index (χ0) is 20.7. The molecule has 29 heavy (non-hydrogen) atoms. The van der Waals surface area contributed by atoms with Crippen molar-refractivity contribution in [3.63, 3.8) is 0 Å². The summed E-state index contributed by atoms with van der Waals surface area (Å²) in [7, 11) is 0. The summed E-state index contributed by atoms with van der Waals surface area (Å²) in [6, 6.07) is 10.2. The second-order valence-corrected chi connectivity index (χ2v) is 8.62. The minimum Gasteiger partial charge on any atom is -0.384 e. The maximum absolute atomic E-state index is 13.0. The molecule has 7 nitrogen and oxygen atoms in total. The van der Waals surface area contributed by atoms with Crippen LogP contribution in [0.25, 0.3) is 0 Å². The van der Waals surface area contributed by atoms with Crippen LogP contribution in [-0.4, -0.2) is 10.7 Å². The lowest BCUT2D eigenvalue weighted by molar-refractivity contribution is -0.384. The van der Waals surface area contributed by atoms with Crippen LogP contribution in [0.3, 0.4) is 0 Å². The fourth-order valence-corrected chi connectivity index (χ4v) is 5.45. The van der Waals surface area contributed by atoms with E-state index in [1.54, 1.807) is 17.0 Å². The Labute approximate surface area is 179 Å². The molecule has 2 aromatic rings. The summed E-state index contributed by atoms with van der Waals surface area (Å²) in [5.74, 6) is -0.332. The van der Waals surface area contributed by atoms with Crippen LogP contribution < -0.4 is 10.6 Å². The van der Waals surface area contributed by atoms with Crippen LogP contribution in [0, 0.1) is 21.4 Å². The highest BCUT2D eigenvalue weighted by Gasteiger charge is 2.41. The number of carbonyl (C=O) groups excluding carboxylic acids is 1. The third-order valence-corrected chi connectivity index (χ3v) is 6.84. The number of Topliss-reactive ketones (excluding diaryl/α,β-unsaturated/α-hetero) is 1. The normalized spacial score (nSPS) is 19.2. The minimum atomic E-state index is -0.519. The summed E-state index contributed by atoms with van der Waals surface area (Å²) in [5, 5.41) is 23.1. The Hall–Kier alpha value is -2.96. The van der Waals surface area contributed by atoms with E-state index in [0.717, 1.165) is 9.35 Å². The van der Waals surface area contributed by atoms with Gasteiger partial charge in [0.05, 0.1) is 28.2 Å². The second kappa shape index (κ2) is 7.46. The molecule has 1 aliphatic heterocycles.